The number of fused-ring (bicyclic) bond motifs is 1. The van der Waals surface area contributed by atoms with Crippen molar-refractivity contribution in [3.8, 4) is 0 Å². The van der Waals surface area contributed by atoms with Crippen molar-refractivity contribution in [2.45, 2.75) is 26.3 Å². The van der Waals surface area contributed by atoms with Crippen LogP contribution in [0.4, 0.5) is 0 Å². The van der Waals surface area contributed by atoms with Crippen LogP contribution >= 0.6 is 0 Å². The molecule has 1 aromatic heterocycles. The van der Waals surface area contributed by atoms with E-state index in [-0.39, 0.29) is 30.5 Å². The number of para-hydroxylation sites is 1. The highest BCUT2D eigenvalue weighted by atomic mass is 16.4. The lowest BCUT2D eigenvalue weighted by molar-refractivity contribution is -0.143. The highest BCUT2D eigenvalue weighted by Gasteiger charge is 2.23. The van der Waals surface area contributed by atoms with E-state index in [0.717, 1.165) is 5.52 Å². The van der Waals surface area contributed by atoms with Crippen molar-refractivity contribution in [3.63, 3.8) is 0 Å². The standard InChI is InChI=1S/C16H20N4O4/c1-9(2)13(16(23)24)18-12(21)7-8-17-15(22)14-10-5-3-4-6-11(10)19-20-14/h3-6,9,13H,7-8H2,1-2H3,(H,17,22)(H,18,21)(H,19,20)(H,23,24)/t13-/m0/s1. The molecule has 1 atom stereocenters. The quantitative estimate of drug-likeness (QED) is 0.600. The van der Waals surface area contributed by atoms with Gasteiger partial charge in [0.05, 0.1) is 5.52 Å². The third-order valence-electron chi connectivity index (χ3n) is 3.57. The van der Waals surface area contributed by atoms with Gasteiger partial charge in [0, 0.05) is 18.4 Å². The Hall–Kier alpha value is -2.90. The number of rotatable bonds is 7. The fourth-order valence-corrected chi connectivity index (χ4v) is 2.27. The molecule has 0 radical (unpaired) electrons. The van der Waals surface area contributed by atoms with Crippen LogP contribution in [0.25, 0.3) is 10.9 Å². The van der Waals surface area contributed by atoms with Gasteiger partial charge in [-0.15, -0.1) is 0 Å². The Morgan fingerprint density at radius 3 is 2.62 bits per heavy atom. The van der Waals surface area contributed by atoms with Crippen LogP contribution in [0.1, 0.15) is 30.8 Å². The topological polar surface area (TPSA) is 124 Å². The van der Waals surface area contributed by atoms with E-state index in [4.69, 9.17) is 5.11 Å². The zero-order valence-electron chi connectivity index (χ0n) is 13.5. The van der Waals surface area contributed by atoms with Crippen LogP contribution in [0.5, 0.6) is 0 Å². The van der Waals surface area contributed by atoms with Crippen molar-refractivity contribution in [3.05, 3.63) is 30.0 Å². The number of aromatic amines is 1. The Labute approximate surface area is 138 Å². The predicted octanol–water partition coefficient (Wildman–Crippen LogP) is 0.908. The van der Waals surface area contributed by atoms with E-state index in [1.54, 1.807) is 26.0 Å². The van der Waals surface area contributed by atoms with Crippen LogP contribution < -0.4 is 10.6 Å². The van der Waals surface area contributed by atoms with Crippen LogP contribution in [0, 0.1) is 5.92 Å². The number of benzene rings is 1. The largest absolute Gasteiger partial charge is 0.480 e. The Kier molecular flexibility index (Phi) is 5.51. The number of aromatic nitrogens is 2. The molecule has 8 nitrogen and oxygen atoms in total. The SMILES string of the molecule is CC(C)[C@H](NC(=O)CCNC(=O)c1n[nH]c2ccccc12)C(=O)O. The van der Waals surface area contributed by atoms with Gasteiger partial charge in [-0.1, -0.05) is 32.0 Å². The smallest absolute Gasteiger partial charge is 0.326 e. The van der Waals surface area contributed by atoms with E-state index >= 15 is 0 Å². The third kappa shape index (κ3) is 4.09. The summed E-state index contributed by atoms with van der Waals surface area (Å²) in [6, 6.07) is 6.29. The predicted molar refractivity (Wildman–Crippen MR) is 87.4 cm³/mol. The summed E-state index contributed by atoms with van der Waals surface area (Å²) in [5.74, 6) is -2.12. The third-order valence-corrected chi connectivity index (χ3v) is 3.57. The lowest BCUT2D eigenvalue weighted by Gasteiger charge is -2.17. The van der Waals surface area contributed by atoms with Gasteiger partial charge in [0.2, 0.25) is 5.91 Å². The van der Waals surface area contributed by atoms with E-state index in [2.05, 4.69) is 20.8 Å². The lowest BCUT2D eigenvalue weighted by Crippen LogP contribution is -2.45. The Balaban J connectivity index is 1.86. The highest BCUT2D eigenvalue weighted by molar-refractivity contribution is 6.04. The first-order chi connectivity index (χ1) is 11.4. The molecule has 0 spiro atoms. The maximum atomic E-state index is 12.1. The summed E-state index contributed by atoms with van der Waals surface area (Å²) in [6.07, 6.45) is -0.00933. The van der Waals surface area contributed by atoms with Crippen molar-refractivity contribution in [2.75, 3.05) is 6.54 Å². The maximum Gasteiger partial charge on any atom is 0.326 e. The van der Waals surface area contributed by atoms with Gasteiger partial charge in [0.25, 0.3) is 5.91 Å². The van der Waals surface area contributed by atoms with E-state index in [1.807, 2.05) is 12.1 Å². The number of hydrogen-bond acceptors (Lipinski definition) is 4. The van der Waals surface area contributed by atoms with E-state index in [1.165, 1.54) is 0 Å². The average molecular weight is 332 g/mol. The number of carboxylic acid groups (broad SMARTS) is 1. The van der Waals surface area contributed by atoms with Crippen molar-refractivity contribution >= 4 is 28.7 Å². The molecule has 0 bridgehead atoms. The van der Waals surface area contributed by atoms with E-state index in [9.17, 15) is 14.4 Å². The molecular formula is C16H20N4O4. The molecule has 8 heteroatoms. The first-order valence-electron chi connectivity index (χ1n) is 7.63. The fourth-order valence-electron chi connectivity index (χ4n) is 2.27. The van der Waals surface area contributed by atoms with Crippen LogP contribution in [0.15, 0.2) is 24.3 Å². The van der Waals surface area contributed by atoms with Crippen molar-refractivity contribution < 1.29 is 19.5 Å². The Morgan fingerprint density at radius 1 is 1.25 bits per heavy atom. The van der Waals surface area contributed by atoms with E-state index in [0.29, 0.717) is 5.39 Å². The molecule has 0 fully saturated rings. The van der Waals surface area contributed by atoms with Gasteiger partial charge in [0.1, 0.15) is 6.04 Å². The molecule has 2 rings (SSSR count). The van der Waals surface area contributed by atoms with Crippen LogP contribution in [-0.2, 0) is 9.59 Å². The number of H-pyrrole nitrogens is 1. The van der Waals surface area contributed by atoms with Crippen molar-refractivity contribution in [1.29, 1.82) is 0 Å². The summed E-state index contributed by atoms with van der Waals surface area (Å²) < 4.78 is 0. The molecular weight excluding hydrogens is 312 g/mol. The van der Waals surface area contributed by atoms with Crippen molar-refractivity contribution in [2.24, 2.45) is 5.92 Å². The second-order valence-electron chi connectivity index (χ2n) is 5.75. The summed E-state index contributed by atoms with van der Waals surface area (Å²) >= 11 is 0. The molecule has 0 aliphatic rings. The fraction of sp³-hybridized carbons (Fsp3) is 0.375. The minimum absolute atomic E-state index is 0.00933. The first-order valence-corrected chi connectivity index (χ1v) is 7.63. The number of carbonyl (C=O) groups is 3. The lowest BCUT2D eigenvalue weighted by atomic mass is 10.0. The molecule has 0 aliphatic carbocycles. The van der Waals surface area contributed by atoms with E-state index < -0.39 is 17.9 Å². The minimum Gasteiger partial charge on any atom is -0.480 e. The van der Waals surface area contributed by atoms with Crippen molar-refractivity contribution in [1.82, 2.24) is 20.8 Å². The van der Waals surface area contributed by atoms with Crippen LogP contribution in [0.3, 0.4) is 0 Å². The first kappa shape index (κ1) is 17.5. The number of hydrogen-bond donors (Lipinski definition) is 4. The number of amides is 2. The van der Waals surface area contributed by atoms with Gasteiger partial charge in [-0.05, 0) is 12.0 Å². The molecule has 0 aliphatic heterocycles. The van der Waals surface area contributed by atoms with Gasteiger partial charge < -0.3 is 15.7 Å². The summed E-state index contributed by atoms with van der Waals surface area (Å²) in [6.45, 7) is 3.52. The molecule has 0 unspecified atom stereocenters. The number of carboxylic acids is 1. The second-order valence-corrected chi connectivity index (χ2v) is 5.75. The van der Waals surface area contributed by atoms with Crippen LogP contribution in [0.2, 0.25) is 0 Å². The maximum absolute atomic E-state index is 12.1. The zero-order valence-corrected chi connectivity index (χ0v) is 13.5. The van der Waals surface area contributed by atoms with Gasteiger partial charge >= 0.3 is 5.97 Å². The van der Waals surface area contributed by atoms with Gasteiger partial charge in [-0.3, -0.25) is 14.7 Å². The monoisotopic (exact) mass is 332 g/mol. The second kappa shape index (κ2) is 7.58. The Morgan fingerprint density at radius 2 is 1.96 bits per heavy atom. The molecule has 1 heterocycles. The number of nitrogens with zero attached hydrogens (tertiary/aromatic N) is 1. The average Bonchev–Trinajstić information content (AvgIpc) is 2.96. The van der Waals surface area contributed by atoms with Gasteiger partial charge in [-0.25, -0.2) is 4.79 Å². The molecule has 1 aromatic carbocycles. The summed E-state index contributed by atoms with van der Waals surface area (Å²) in [5.41, 5.74) is 1.01. The zero-order chi connectivity index (χ0) is 17.7. The normalized spacial score (nSPS) is 12.1. The number of nitrogens with one attached hydrogen (secondary N) is 3. The Bertz CT molecular complexity index is 753. The summed E-state index contributed by atoms with van der Waals surface area (Å²) in [5, 5.41) is 21.5. The van der Waals surface area contributed by atoms with Gasteiger partial charge in [0.15, 0.2) is 5.69 Å². The van der Waals surface area contributed by atoms with Crippen LogP contribution in [-0.4, -0.2) is 45.7 Å². The molecule has 2 amide bonds. The van der Waals surface area contributed by atoms with Gasteiger partial charge in [-0.2, -0.15) is 5.10 Å². The minimum atomic E-state index is -1.08. The molecule has 0 saturated heterocycles. The molecule has 0 saturated carbocycles. The number of carbonyl (C=O) groups excluding carboxylic acids is 2. The molecule has 4 N–H and O–H groups in total. The summed E-state index contributed by atoms with van der Waals surface area (Å²) in [7, 11) is 0. The number of aliphatic carboxylic acids is 1. The molecule has 24 heavy (non-hydrogen) atoms. The highest BCUT2D eigenvalue weighted by Crippen LogP contribution is 2.14. The summed E-state index contributed by atoms with van der Waals surface area (Å²) in [4.78, 5) is 35.0. The molecule has 128 valence electrons. The molecule has 2 aromatic rings.